The maximum atomic E-state index is 11.4. The molecule has 0 bridgehead atoms. The van der Waals surface area contributed by atoms with Gasteiger partial charge in [-0.3, -0.25) is 9.59 Å². The summed E-state index contributed by atoms with van der Waals surface area (Å²) >= 11 is 0. The Morgan fingerprint density at radius 2 is 1.61 bits per heavy atom. The Morgan fingerprint density at radius 1 is 1.00 bits per heavy atom. The minimum absolute atomic E-state index is 0.00948. The highest BCUT2D eigenvalue weighted by Gasteiger charge is 2.13. The van der Waals surface area contributed by atoms with Gasteiger partial charge in [-0.25, -0.2) is 0 Å². The number of unbranched alkanes of at least 4 members (excludes halogenated alkanes) is 1. The van der Waals surface area contributed by atoms with Crippen LogP contribution in [0.15, 0.2) is 0 Å². The molecule has 0 radical (unpaired) electrons. The minimum atomic E-state index is -0.212. The maximum absolute atomic E-state index is 11.4. The van der Waals surface area contributed by atoms with Crippen LogP contribution in [0.3, 0.4) is 0 Å². The van der Waals surface area contributed by atoms with Gasteiger partial charge in [-0.2, -0.15) is 0 Å². The molecule has 0 aromatic rings. The molecule has 0 heterocycles. The van der Waals surface area contributed by atoms with E-state index in [0.29, 0.717) is 25.4 Å². The first kappa shape index (κ1) is 16.9. The van der Waals surface area contributed by atoms with Crippen LogP contribution in [0.25, 0.3) is 0 Å². The van der Waals surface area contributed by atoms with Crippen LogP contribution in [0.2, 0.25) is 0 Å². The summed E-state index contributed by atoms with van der Waals surface area (Å²) in [7, 11) is 0. The van der Waals surface area contributed by atoms with Gasteiger partial charge in [-0.05, 0) is 12.3 Å². The Kier molecular flexibility index (Phi) is 9.33. The molecule has 1 unspecified atom stereocenters. The minimum Gasteiger partial charge on any atom is -0.466 e. The standard InChI is InChI=1S/C14H26O4/c1-5-6-7-17-14(16)9-12(4)10-18-13(15)8-11(2)3/h11-12H,5-10H2,1-4H3. The number of esters is 2. The molecule has 4 nitrogen and oxygen atoms in total. The third-order valence-electron chi connectivity index (χ3n) is 2.38. The molecule has 0 aliphatic rings. The summed E-state index contributed by atoms with van der Waals surface area (Å²) in [5.41, 5.74) is 0. The molecule has 0 amide bonds. The quantitative estimate of drug-likeness (QED) is 0.471. The fraction of sp³-hybridized carbons (Fsp3) is 0.857. The summed E-state index contributed by atoms with van der Waals surface area (Å²) < 4.78 is 10.1. The third-order valence-corrected chi connectivity index (χ3v) is 2.38. The molecular formula is C14H26O4. The van der Waals surface area contributed by atoms with Gasteiger partial charge >= 0.3 is 11.9 Å². The normalized spacial score (nSPS) is 12.3. The molecule has 0 saturated carbocycles. The van der Waals surface area contributed by atoms with Crippen LogP contribution in [0.5, 0.6) is 0 Å². The van der Waals surface area contributed by atoms with E-state index in [-0.39, 0.29) is 24.5 Å². The van der Waals surface area contributed by atoms with Crippen molar-refractivity contribution in [3.63, 3.8) is 0 Å². The van der Waals surface area contributed by atoms with E-state index in [4.69, 9.17) is 9.47 Å². The number of carbonyl (C=O) groups excluding carboxylic acids is 2. The van der Waals surface area contributed by atoms with Crippen LogP contribution in [0, 0.1) is 11.8 Å². The predicted octanol–water partition coefficient (Wildman–Crippen LogP) is 2.95. The molecule has 0 spiro atoms. The number of rotatable bonds is 9. The zero-order chi connectivity index (χ0) is 14.0. The van der Waals surface area contributed by atoms with Crippen LogP contribution in [0.1, 0.15) is 53.4 Å². The van der Waals surface area contributed by atoms with E-state index in [1.54, 1.807) is 0 Å². The zero-order valence-corrected chi connectivity index (χ0v) is 12.0. The van der Waals surface area contributed by atoms with E-state index < -0.39 is 0 Å². The highest BCUT2D eigenvalue weighted by Crippen LogP contribution is 2.07. The van der Waals surface area contributed by atoms with Crippen LogP contribution < -0.4 is 0 Å². The fourth-order valence-corrected chi connectivity index (χ4v) is 1.36. The van der Waals surface area contributed by atoms with Crippen molar-refractivity contribution in [1.82, 2.24) is 0 Å². The van der Waals surface area contributed by atoms with Crippen LogP contribution >= 0.6 is 0 Å². The molecule has 0 saturated heterocycles. The number of carbonyl (C=O) groups is 2. The molecule has 1 atom stereocenters. The number of hydrogen-bond acceptors (Lipinski definition) is 4. The van der Waals surface area contributed by atoms with E-state index in [2.05, 4.69) is 0 Å². The molecule has 0 aliphatic heterocycles. The molecule has 0 aromatic heterocycles. The van der Waals surface area contributed by atoms with Gasteiger partial charge in [0.1, 0.15) is 0 Å². The maximum Gasteiger partial charge on any atom is 0.306 e. The molecule has 0 aliphatic carbocycles. The van der Waals surface area contributed by atoms with Gasteiger partial charge in [-0.15, -0.1) is 0 Å². The van der Waals surface area contributed by atoms with Gasteiger partial charge < -0.3 is 9.47 Å². The van der Waals surface area contributed by atoms with Crippen molar-refractivity contribution in [1.29, 1.82) is 0 Å². The SMILES string of the molecule is CCCCOC(=O)CC(C)COC(=O)CC(C)C. The van der Waals surface area contributed by atoms with Crippen molar-refractivity contribution < 1.29 is 19.1 Å². The predicted molar refractivity (Wildman–Crippen MR) is 70.1 cm³/mol. The summed E-state index contributed by atoms with van der Waals surface area (Å²) in [5.74, 6) is -0.103. The summed E-state index contributed by atoms with van der Waals surface area (Å²) in [6.07, 6.45) is 2.63. The second-order valence-corrected chi connectivity index (χ2v) is 5.16. The smallest absolute Gasteiger partial charge is 0.306 e. The number of ether oxygens (including phenoxy) is 2. The summed E-state index contributed by atoms with van der Waals surface area (Å²) in [4.78, 5) is 22.7. The van der Waals surface area contributed by atoms with E-state index in [1.807, 2.05) is 27.7 Å². The van der Waals surface area contributed by atoms with Crippen molar-refractivity contribution in [2.45, 2.75) is 53.4 Å². The van der Waals surface area contributed by atoms with Gasteiger partial charge in [0.05, 0.1) is 19.6 Å². The van der Waals surface area contributed by atoms with E-state index in [1.165, 1.54) is 0 Å². The molecule has 0 rings (SSSR count). The van der Waals surface area contributed by atoms with E-state index in [9.17, 15) is 9.59 Å². The first-order chi connectivity index (χ1) is 8.45. The first-order valence-corrected chi connectivity index (χ1v) is 6.76. The lowest BCUT2D eigenvalue weighted by atomic mass is 10.1. The molecule has 106 valence electrons. The average Bonchev–Trinajstić information content (AvgIpc) is 2.26. The van der Waals surface area contributed by atoms with Crippen LogP contribution in [0.4, 0.5) is 0 Å². The second kappa shape index (κ2) is 9.92. The molecule has 0 aromatic carbocycles. The first-order valence-electron chi connectivity index (χ1n) is 6.76. The lowest BCUT2D eigenvalue weighted by Gasteiger charge is -2.12. The van der Waals surface area contributed by atoms with Crippen molar-refractivity contribution in [2.75, 3.05) is 13.2 Å². The topological polar surface area (TPSA) is 52.6 Å². The van der Waals surface area contributed by atoms with E-state index >= 15 is 0 Å². The van der Waals surface area contributed by atoms with E-state index in [0.717, 1.165) is 12.8 Å². The van der Waals surface area contributed by atoms with Gasteiger partial charge in [0.15, 0.2) is 0 Å². The Balaban J connectivity index is 3.66. The van der Waals surface area contributed by atoms with Crippen LogP contribution in [-0.4, -0.2) is 25.2 Å². The largest absolute Gasteiger partial charge is 0.466 e. The van der Waals surface area contributed by atoms with Gasteiger partial charge in [0.2, 0.25) is 0 Å². The van der Waals surface area contributed by atoms with Crippen molar-refractivity contribution in [3.05, 3.63) is 0 Å². The monoisotopic (exact) mass is 258 g/mol. The molecular weight excluding hydrogens is 232 g/mol. The second-order valence-electron chi connectivity index (χ2n) is 5.16. The average molecular weight is 258 g/mol. The van der Waals surface area contributed by atoms with Crippen molar-refractivity contribution >= 4 is 11.9 Å². The summed E-state index contributed by atoms with van der Waals surface area (Å²) in [6, 6.07) is 0. The Labute approximate surface area is 110 Å². The van der Waals surface area contributed by atoms with Crippen molar-refractivity contribution in [3.8, 4) is 0 Å². The summed E-state index contributed by atoms with van der Waals surface area (Å²) in [5, 5.41) is 0. The Morgan fingerprint density at radius 3 is 2.17 bits per heavy atom. The lowest BCUT2D eigenvalue weighted by Crippen LogP contribution is -2.17. The third kappa shape index (κ3) is 10.1. The summed E-state index contributed by atoms with van der Waals surface area (Å²) in [6.45, 7) is 8.63. The van der Waals surface area contributed by atoms with Gasteiger partial charge in [0.25, 0.3) is 0 Å². The van der Waals surface area contributed by atoms with Crippen LogP contribution in [-0.2, 0) is 19.1 Å². The molecule has 0 fully saturated rings. The molecule has 4 heteroatoms. The van der Waals surface area contributed by atoms with Gasteiger partial charge in [0, 0.05) is 12.3 Å². The Hall–Kier alpha value is -1.06. The highest BCUT2D eigenvalue weighted by molar-refractivity contribution is 5.70. The zero-order valence-electron chi connectivity index (χ0n) is 12.0. The number of hydrogen-bond donors (Lipinski definition) is 0. The Bertz CT molecular complexity index is 248. The molecule has 0 N–H and O–H groups in total. The van der Waals surface area contributed by atoms with Crippen molar-refractivity contribution in [2.24, 2.45) is 11.8 Å². The van der Waals surface area contributed by atoms with Gasteiger partial charge in [-0.1, -0.05) is 34.1 Å². The highest BCUT2D eigenvalue weighted by atomic mass is 16.5. The fourth-order valence-electron chi connectivity index (χ4n) is 1.36. The molecule has 18 heavy (non-hydrogen) atoms. The lowest BCUT2D eigenvalue weighted by molar-refractivity contribution is -0.150.